The molecule has 0 aliphatic carbocycles. The van der Waals surface area contributed by atoms with Gasteiger partial charge < -0.3 is 9.47 Å². The van der Waals surface area contributed by atoms with Crippen LogP contribution in [-0.2, 0) is 16.4 Å². The van der Waals surface area contributed by atoms with Gasteiger partial charge in [-0.05, 0) is 31.6 Å². The molecule has 2 aromatic carbocycles. The number of hydrogen-bond acceptors (Lipinski definition) is 6. The van der Waals surface area contributed by atoms with Gasteiger partial charge in [-0.25, -0.2) is 12.8 Å². The van der Waals surface area contributed by atoms with E-state index in [0.717, 1.165) is 5.56 Å². The molecule has 1 fully saturated rings. The number of carbonyl (C=O) groups excluding carboxylic acids is 1. The minimum atomic E-state index is -3.00. The molecule has 5 rings (SSSR count). The maximum atomic E-state index is 14.0. The van der Waals surface area contributed by atoms with E-state index in [-0.39, 0.29) is 34.7 Å². The highest BCUT2D eigenvalue weighted by atomic mass is 32.2. The Morgan fingerprint density at radius 1 is 1.23 bits per heavy atom. The number of Topliss-reactive ketones (excluding diaryl/α,β-unsaturated/α-hetero) is 1. The fourth-order valence-corrected chi connectivity index (χ4v) is 6.06. The van der Waals surface area contributed by atoms with Crippen LogP contribution in [0.3, 0.4) is 0 Å². The van der Waals surface area contributed by atoms with E-state index in [1.165, 1.54) is 12.1 Å². The van der Waals surface area contributed by atoms with Gasteiger partial charge in [-0.15, -0.1) is 0 Å². The topological polar surface area (TPSA) is 72.9 Å². The smallest absolute Gasteiger partial charge is 0.231 e. The summed E-state index contributed by atoms with van der Waals surface area (Å²) in [6, 6.07) is 7.85. The molecule has 30 heavy (non-hydrogen) atoms. The van der Waals surface area contributed by atoms with Crippen LogP contribution in [-0.4, -0.2) is 43.4 Å². The van der Waals surface area contributed by atoms with Crippen LogP contribution in [0.5, 0.6) is 11.5 Å². The lowest BCUT2D eigenvalue weighted by Gasteiger charge is -2.33. The molecule has 0 spiro atoms. The second-order valence-electron chi connectivity index (χ2n) is 7.90. The number of ether oxygens (including phenoxy) is 2. The molecule has 0 saturated carbocycles. The zero-order valence-electron chi connectivity index (χ0n) is 16.4. The summed E-state index contributed by atoms with van der Waals surface area (Å²) in [5, 5.41) is 0. The summed E-state index contributed by atoms with van der Waals surface area (Å²) in [4.78, 5) is 14.9. The number of halogens is 1. The number of nitrogens with zero attached hydrogens (tertiary/aromatic N) is 1. The summed E-state index contributed by atoms with van der Waals surface area (Å²) in [6.07, 6.45) is 2.00. The van der Waals surface area contributed by atoms with E-state index in [9.17, 15) is 17.6 Å². The van der Waals surface area contributed by atoms with Gasteiger partial charge in [-0.1, -0.05) is 18.2 Å². The van der Waals surface area contributed by atoms with E-state index in [2.05, 4.69) is 0 Å². The number of allylic oxidation sites excluding steroid dienone is 1. The van der Waals surface area contributed by atoms with E-state index in [1.807, 2.05) is 11.8 Å². The molecule has 8 heteroatoms. The second kappa shape index (κ2) is 6.92. The molecule has 3 aliphatic heterocycles. The van der Waals surface area contributed by atoms with E-state index in [1.54, 1.807) is 24.3 Å². The zero-order valence-corrected chi connectivity index (χ0v) is 17.2. The molecule has 156 valence electrons. The van der Waals surface area contributed by atoms with Crippen molar-refractivity contribution in [2.75, 3.05) is 18.2 Å². The van der Waals surface area contributed by atoms with Gasteiger partial charge >= 0.3 is 0 Å². The summed E-state index contributed by atoms with van der Waals surface area (Å²) in [6.45, 7) is 2.62. The van der Waals surface area contributed by atoms with Crippen LogP contribution in [0.25, 0.3) is 6.08 Å². The fraction of sp³-hybridized carbons (Fsp3) is 0.318. The van der Waals surface area contributed by atoms with Crippen molar-refractivity contribution >= 4 is 21.7 Å². The molecule has 0 N–H and O–H groups in total. The van der Waals surface area contributed by atoms with Crippen LogP contribution < -0.4 is 9.47 Å². The van der Waals surface area contributed by atoms with Crippen LogP contribution in [0.2, 0.25) is 0 Å². The monoisotopic (exact) mass is 429 g/mol. The molecule has 6 nitrogen and oxygen atoms in total. The summed E-state index contributed by atoms with van der Waals surface area (Å²) >= 11 is 0. The molecule has 0 unspecified atom stereocenters. The third kappa shape index (κ3) is 3.20. The SMILES string of the molecule is Cc1c2c(cc3c1OC(=Cc1ccccc1F)C3=O)CN([C@H]1CCS(=O)(=O)C1)CO2. The van der Waals surface area contributed by atoms with Gasteiger partial charge in [0.1, 0.15) is 24.0 Å². The largest absolute Gasteiger partial charge is 0.477 e. The Morgan fingerprint density at radius 3 is 2.77 bits per heavy atom. The van der Waals surface area contributed by atoms with Crippen molar-refractivity contribution in [1.29, 1.82) is 0 Å². The second-order valence-corrected chi connectivity index (χ2v) is 10.1. The van der Waals surface area contributed by atoms with Gasteiger partial charge in [0.25, 0.3) is 0 Å². The van der Waals surface area contributed by atoms with Crippen LogP contribution in [0.4, 0.5) is 4.39 Å². The number of sulfone groups is 1. The highest BCUT2D eigenvalue weighted by molar-refractivity contribution is 7.91. The van der Waals surface area contributed by atoms with E-state index in [4.69, 9.17) is 9.47 Å². The molecule has 0 aromatic heterocycles. The Kier molecular flexibility index (Phi) is 4.44. The first-order chi connectivity index (χ1) is 14.3. The number of ketones is 1. The Morgan fingerprint density at radius 2 is 2.03 bits per heavy atom. The lowest BCUT2D eigenvalue weighted by molar-refractivity contribution is 0.0637. The van der Waals surface area contributed by atoms with Crippen LogP contribution >= 0.6 is 0 Å². The van der Waals surface area contributed by atoms with Crippen molar-refractivity contribution in [1.82, 2.24) is 4.90 Å². The first kappa shape index (κ1) is 19.3. The Hall–Kier alpha value is -2.71. The summed E-state index contributed by atoms with van der Waals surface area (Å²) in [5.41, 5.74) is 2.23. The first-order valence-corrected chi connectivity index (χ1v) is 11.6. The first-order valence-electron chi connectivity index (χ1n) is 9.75. The Labute approximate surface area is 173 Å². The fourth-order valence-electron chi connectivity index (χ4n) is 4.30. The number of rotatable bonds is 2. The van der Waals surface area contributed by atoms with Crippen LogP contribution in [0, 0.1) is 12.7 Å². The van der Waals surface area contributed by atoms with Crippen LogP contribution in [0.1, 0.15) is 33.5 Å². The number of carbonyl (C=O) groups is 1. The van der Waals surface area contributed by atoms with Gasteiger partial charge in [0, 0.05) is 29.3 Å². The van der Waals surface area contributed by atoms with Gasteiger partial charge in [0.15, 0.2) is 15.6 Å². The molecule has 3 heterocycles. The van der Waals surface area contributed by atoms with Crippen LogP contribution in [0.15, 0.2) is 36.1 Å². The third-order valence-electron chi connectivity index (χ3n) is 5.88. The molecular formula is C22H20FNO5S. The summed E-state index contributed by atoms with van der Waals surface area (Å²) < 4.78 is 49.4. The lowest BCUT2D eigenvalue weighted by Crippen LogP contribution is -2.41. The standard InChI is InChI=1S/C22H20FNO5S/c1-13-21-15(10-24(12-28-21)16-6-7-30(26,27)11-16)8-17-20(25)19(29-22(13)17)9-14-4-2-3-5-18(14)23/h2-5,8-9,16H,6-7,10-12H2,1H3/t16-/m0/s1. The zero-order chi connectivity index (χ0) is 21.0. The minimum Gasteiger partial charge on any atom is -0.477 e. The normalized spacial score (nSPS) is 23.7. The van der Waals surface area contributed by atoms with Crippen molar-refractivity contribution in [3.05, 3.63) is 64.2 Å². The van der Waals surface area contributed by atoms with Crippen molar-refractivity contribution in [2.45, 2.75) is 25.9 Å². The molecular weight excluding hydrogens is 409 g/mol. The highest BCUT2D eigenvalue weighted by Gasteiger charge is 2.37. The predicted molar refractivity (Wildman–Crippen MR) is 109 cm³/mol. The molecule has 0 radical (unpaired) electrons. The average Bonchev–Trinajstić information content (AvgIpc) is 3.23. The Bertz CT molecular complexity index is 1200. The summed E-state index contributed by atoms with van der Waals surface area (Å²) in [7, 11) is -3.00. The molecule has 2 aromatic rings. The average molecular weight is 429 g/mol. The maximum Gasteiger partial charge on any atom is 0.231 e. The van der Waals surface area contributed by atoms with E-state index >= 15 is 0 Å². The predicted octanol–water partition coefficient (Wildman–Crippen LogP) is 3.09. The molecule has 0 bridgehead atoms. The number of benzene rings is 2. The quantitative estimate of drug-likeness (QED) is 0.684. The highest BCUT2D eigenvalue weighted by Crippen LogP contribution is 2.43. The van der Waals surface area contributed by atoms with E-state index in [0.29, 0.717) is 42.3 Å². The van der Waals surface area contributed by atoms with E-state index < -0.39 is 15.7 Å². The van der Waals surface area contributed by atoms with Crippen molar-refractivity contribution in [3.63, 3.8) is 0 Å². The lowest BCUT2D eigenvalue weighted by atomic mass is 9.99. The molecule has 0 amide bonds. The molecule has 1 saturated heterocycles. The Balaban J connectivity index is 1.46. The summed E-state index contributed by atoms with van der Waals surface area (Å²) in [5.74, 6) is 0.746. The van der Waals surface area contributed by atoms with Crippen molar-refractivity contribution in [3.8, 4) is 11.5 Å². The van der Waals surface area contributed by atoms with Crippen molar-refractivity contribution in [2.24, 2.45) is 0 Å². The molecule has 3 aliphatic rings. The number of hydrogen-bond donors (Lipinski definition) is 0. The molecule has 1 atom stereocenters. The van der Waals surface area contributed by atoms with Gasteiger partial charge in [0.05, 0.1) is 17.1 Å². The van der Waals surface area contributed by atoms with Gasteiger partial charge in [-0.2, -0.15) is 0 Å². The van der Waals surface area contributed by atoms with Gasteiger partial charge in [0.2, 0.25) is 5.78 Å². The van der Waals surface area contributed by atoms with Gasteiger partial charge in [-0.3, -0.25) is 9.69 Å². The minimum absolute atomic E-state index is 0.0688. The third-order valence-corrected chi connectivity index (χ3v) is 7.63. The number of fused-ring (bicyclic) bond motifs is 2. The van der Waals surface area contributed by atoms with Crippen molar-refractivity contribution < 1.29 is 27.1 Å². The maximum absolute atomic E-state index is 14.0.